The lowest BCUT2D eigenvalue weighted by Crippen LogP contribution is -2.47. The highest BCUT2D eigenvalue weighted by molar-refractivity contribution is 7.09. The van der Waals surface area contributed by atoms with Crippen molar-refractivity contribution in [3.05, 3.63) is 87.9 Å². The third-order valence-electron chi connectivity index (χ3n) is 5.53. The molecule has 0 aliphatic carbocycles. The number of hydrogen-bond donors (Lipinski definition) is 1. The summed E-state index contributed by atoms with van der Waals surface area (Å²) in [6, 6.07) is 20.4. The number of carbonyl (C=O) groups excluding carboxylic acids is 1. The average Bonchev–Trinajstić information content (AvgIpc) is 3.25. The van der Waals surface area contributed by atoms with Crippen molar-refractivity contribution in [2.75, 3.05) is 39.8 Å². The molecule has 2 aromatic carbocycles. The first-order chi connectivity index (χ1) is 14.7. The normalized spacial score (nSPS) is 16.3. The summed E-state index contributed by atoms with van der Waals surface area (Å²) in [6.45, 7) is 4.97. The van der Waals surface area contributed by atoms with Crippen LogP contribution in [-0.4, -0.2) is 60.5 Å². The Hall–Kier alpha value is -2.54. The Morgan fingerprint density at radius 3 is 2.40 bits per heavy atom. The van der Waals surface area contributed by atoms with Gasteiger partial charge in [0.1, 0.15) is 5.69 Å². The molecule has 1 atom stereocenters. The standard InChI is InChI=1S/C24H28N4OS/c1-27-12-14-28(15-13-27)17-21(20-10-6-3-7-11-20)26-24(29)22-18-30-23(25-22)16-19-8-4-2-5-9-19/h2-11,18,21H,12-17H2,1H3,(H,26,29). The van der Waals surface area contributed by atoms with E-state index in [-0.39, 0.29) is 11.9 Å². The second kappa shape index (κ2) is 9.98. The highest BCUT2D eigenvalue weighted by atomic mass is 32.1. The number of piperazine rings is 1. The van der Waals surface area contributed by atoms with Crippen molar-refractivity contribution in [3.8, 4) is 0 Å². The van der Waals surface area contributed by atoms with Gasteiger partial charge in [0.15, 0.2) is 0 Å². The molecule has 1 aliphatic heterocycles. The van der Waals surface area contributed by atoms with E-state index in [1.54, 1.807) is 11.3 Å². The Labute approximate surface area is 182 Å². The van der Waals surface area contributed by atoms with Crippen LogP contribution in [0.4, 0.5) is 0 Å². The van der Waals surface area contributed by atoms with Crippen LogP contribution in [0, 0.1) is 0 Å². The maximum absolute atomic E-state index is 13.0. The monoisotopic (exact) mass is 420 g/mol. The molecule has 6 heteroatoms. The fraction of sp³-hybridized carbons (Fsp3) is 0.333. The van der Waals surface area contributed by atoms with Gasteiger partial charge in [-0.25, -0.2) is 4.98 Å². The first-order valence-electron chi connectivity index (χ1n) is 10.4. The number of nitrogens with zero attached hydrogens (tertiary/aromatic N) is 3. The molecule has 0 radical (unpaired) electrons. The third kappa shape index (κ3) is 5.53. The number of amides is 1. The molecular formula is C24H28N4OS. The van der Waals surface area contributed by atoms with Gasteiger partial charge < -0.3 is 10.2 Å². The Bertz CT molecular complexity index is 936. The summed E-state index contributed by atoms with van der Waals surface area (Å²) in [7, 11) is 2.16. The van der Waals surface area contributed by atoms with Crippen LogP contribution in [0.1, 0.15) is 32.7 Å². The zero-order valence-corrected chi connectivity index (χ0v) is 18.1. The SMILES string of the molecule is CN1CCN(CC(NC(=O)c2csc(Cc3ccccc3)n2)c2ccccc2)CC1. The van der Waals surface area contributed by atoms with E-state index in [9.17, 15) is 4.79 Å². The van der Waals surface area contributed by atoms with Gasteiger partial charge in [0.2, 0.25) is 0 Å². The van der Waals surface area contributed by atoms with Gasteiger partial charge in [0, 0.05) is 44.5 Å². The van der Waals surface area contributed by atoms with E-state index in [0.717, 1.165) is 49.7 Å². The van der Waals surface area contributed by atoms with Crippen LogP contribution in [0.2, 0.25) is 0 Å². The van der Waals surface area contributed by atoms with Crippen LogP contribution in [-0.2, 0) is 6.42 Å². The Balaban J connectivity index is 1.44. The second-order valence-corrected chi connectivity index (χ2v) is 8.77. The number of thiazole rings is 1. The number of carbonyl (C=O) groups is 1. The zero-order valence-electron chi connectivity index (χ0n) is 17.3. The molecule has 1 aromatic heterocycles. The van der Waals surface area contributed by atoms with E-state index in [1.807, 2.05) is 41.8 Å². The lowest BCUT2D eigenvalue weighted by atomic mass is 10.1. The first-order valence-corrected chi connectivity index (χ1v) is 11.3. The number of benzene rings is 2. The Kier molecular flexibility index (Phi) is 6.89. The molecule has 0 bridgehead atoms. The van der Waals surface area contributed by atoms with Crippen molar-refractivity contribution in [1.29, 1.82) is 0 Å². The largest absolute Gasteiger partial charge is 0.343 e. The third-order valence-corrected chi connectivity index (χ3v) is 6.38. The van der Waals surface area contributed by atoms with E-state index in [1.165, 1.54) is 5.56 Å². The Morgan fingerprint density at radius 1 is 1.03 bits per heavy atom. The van der Waals surface area contributed by atoms with Gasteiger partial charge in [-0.15, -0.1) is 11.3 Å². The van der Waals surface area contributed by atoms with Crippen LogP contribution in [0.15, 0.2) is 66.0 Å². The maximum atomic E-state index is 13.0. The fourth-order valence-electron chi connectivity index (χ4n) is 3.71. The summed E-state index contributed by atoms with van der Waals surface area (Å²) in [5, 5.41) is 6.06. The molecule has 0 spiro atoms. The van der Waals surface area contributed by atoms with E-state index < -0.39 is 0 Å². The predicted molar refractivity (Wildman–Crippen MR) is 122 cm³/mol. The predicted octanol–water partition coefficient (Wildman–Crippen LogP) is 3.45. The lowest BCUT2D eigenvalue weighted by Gasteiger charge is -2.35. The van der Waals surface area contributed by atoms with Crippen LogP contribution < -0.4 is 5.32 Å². The minimum atomic E-state index is -0.103. The maximum Gasteiger partial charge on any atom is 0.271 e. The van der Waals surface area contributed by atoms with Gasteiger partial charge in [0.25, 0.3) is 5.91 Å². The van der Waals surface area contributed by atoms with Crippen LogP contribution in [0.3, 0.4) is 0 Å². The van der Waals surface area contributed by atoms with Crippen molar-refractivity contribution < 1.29 is 4.79 Å². The van der Waals surface area contributed by atoms with Crippen molar-refractivity contribution in [2.45, 2.75) is 12.5 Å². The van der Waals surface area contributed by atoms with Crippen LogP contribution in [0.5, 0.6) is 0 Å². The van der Waals surface area contributed by atoms with Crippen molar-refractivity contribution in [1.82, 2.24) is 20.1 Å². The molecule has 0 saturated carbocycles. The lowest BCUT2D eigenvalue weighted by molar-refractivity contribution is 0.0903. The van der Waals surface area contributed by atoms with Gasteiger partial charge in [0.05, 0.1) is 11.0 Å². The number of hydrogen-bond acceptors (Lipinski definition) is 5. The molecular weight excluding hydrogens is 392 g/mol. The molecule has 1 amide bonds. The molecule has 1 fully saturated rings. The summed E-state index contributed by atoms with van der Waals surface area (Å²) in [4.78, 5) is 22.4. The van der Waals surface area contributed by atoms with E-state index in [4.69, 9.17) is 0 Å². The molecule has 1 saturated heterocycles. The number of likely N-dealkylation sites (N-methyl/N-ethyl adjacent to an activating group) is 1. The second-order valence-electron chi connectivity index (χ2n) is 7.83. The molecule has 156 valence electrons. The van der Waals surface area contributed by atoms with Crippen molar-refractivity contribution in [2.24, 2.45) is 0 Å². The van der Waals surface area contributed by atoms with E-state index in [0.29, 0.717) is 5.69 Å². The molecule has 5 nitrogen and oxygen atoms in total. The summed E-state index contributed by atoms with van der Waals surface area (Å²) < 4.78 is 0. The summed E-state index contributed by atoms with van der Waals surface area (Å²) in [6.07, 6.45) is 0.752. The fourth-order valence-corrected chi connectivity index (χ4v) is 4.52. The molecule has 1 aliphatic rings. The molecule has 2 heterocycles. The highest BCUT2D eigenvalue weighted by Crippen LogP contribution is 2.18. The summed E-state index contributed by atoms with van der Waals surface area (Å²) in [5.41, 5.74) is 2.84. The quantitative estimate of drug-likeness (QED) is 0.636. The highest BCUT2D eigenvalue weighted by Gasteiger charge is 2.22. The average molecular weight is 421 g/mol. The molecule has 4 rings (SSSR count). The van der Waals surface area contributed by atoms with Crippen molar-refractivity contribution >= 4 is 17.2 Å². The first kappa shape index (κ1) is 20.7. The van der Waals surface area contributed by atoms with Crippen molar-refractivity contribution in [3.63, 3.8) is 0 Å². The summed E-state index contributed by atoms with van der Waals surface area (Å²) >= 11 is 1.54. The van der Waals surface area contributed by atoms with Crippen LogP contribution in [0.25, 0.3) is 0 Å². The van der Waals surface area contributed by atoms with Crippen LogP contribution >= 0.6 is 11.3 Å². The van der Waals surface area contributed by atoms with E-state index in [2.05, 4.69) is 51.4 Å². The van der Waals surface area contributed by atoms with Gasteiger partial charge in [-0.2, -0.15) is 0 Å². The van der Waals surface area contributed by atoms with Gasteiger partial charge in [-0.3, -0.25) is 9.69 Å². The molecule has 1 unspecified atom stereocenters. The van der Waals surface area contributed by atoms with Gasteiger partial charge in [-0.05, 0) is 18.2 Å². The minimum Gasteiger partial charge on any atom is -0.343 e. The molecule has 1 N–H and O–H groups in total. The Morgan fingerprint density at radius 2 is 1.70 bits per heavy atom. The van der Waals surface area contributed by atoms with Gasteiger partial charge >= 0.3 is 0 Å². The minimum absolute atomic E-state index is 0.0543. The van der Waals surface area contributed by atoms with Gasteiger partial charge in [-0.1, -0.05) is 60.7 Å². The molecule has 3 aromatic rings. The molecule has 30 heavy (non-hydrogen) atoms. The number of nitrogens with one attached hydrogen (secondary N) is 1. The summed E-state index contributed by atoms with van der Waals surface area (Å²) in [5.74, 6) is -0.103. The topological polar surface area (TPSA) is 48.5 Å². The number of aromatic nitrogens is 1. The van der Waals surface area contributed by atoms with E-state index >= 15 is 0 Å². The number of rotatable bonds is 7. The smallest absolute Gasteiger partial charge is 0.271 e. The zero-order chi connectivity index (χ0) is 20.8.